The number of nitrogens with two attached hydrogens (primary N) is 1. The van der Waals surface area contributed by atoms with E-state index in [4.69, 9.17) is 10.5 Å². The van der Waals surface area contributed by atoms with Crippen molar-refractivity contribution >= 4 is 11.6 Å². The van der Waals surface area contributed by atoms with E-state index >= 15 is 0 Å². The lowest BCUT2D eigenvalue weighted by molar-refractivity contribution is 0.178. The Morgan fingerprint density at radius 1 is 1.26 bits per heavy atom. The Hall–Kier alpha value is -1.36. The number of nitrogen functional groups attached to an aromatic ring is 1. The normalized spacial score (nSPS) is 11.0. The fourth-order valence-electron chi connectivity index (χ4n) is 2.10. The third kappa shape index (κ3) is 4.67. The van der Waals surface area contributed by atoms with E-state index in [2.05, 4.69) is 35.6 Å². The molecule has 19 heavy (non-hydrogen) atoms. The van der Waals surface area contributed by atoms with Crippen LogP contribution >= 0.6 is 0 Å². The van der Waals surface area contributed by atoms with E-state index in [1.165, 1.54) is 12.8 Å². The number of hydrogen-bond donors (Lipinski definition) is 1. The Morgan fingerprint density at radius 3 is 2.47 bits per heavy atom. The molecular formula is C14H26N4O. The standard InChI is InChI=1S/C14H26N4O/c1-5-11(6-2)9-18(7-3)14-8-12(15)16-13(17-14)10-19-4/h8,11H,5-7,9-10H2,1-4H3,(H2,15,16,17). The molecular weight excluding hydrogens is 240 g/mol. The van der Waals surface area contributed by atoms with Crippen LogP contribution in [0, 0.1) is 5.92 Å². The molecule has 0 saturated carbocycles. The second kappa shape index (κ2) is 7.94. The largest absolute Gasteiger partial charge is 0.384 e. The molecule has 0 aliphatic carbocycles. The van der Waals surface area contributed by atoms with Gasteiger partial charge in [-0.15, -0.1) is 0 Å². The van der Waals surface area contributed by atoms with Gasteiger partial charge in [-0.25, -0.2) is 9.97 Å². The van der Waals surface area contributed by atoms with Crippen LogP contribution in [-0.4, -0.2) is 30.2 Å². The molecule has 0 amide bonds. The number of methoxy groups -OCH3 is 1. The summed E-state index contributed by atoms with van der Waals surface area (Å²) in [4.78, 5) is 11.0. The van der Waals surface area contributed by atoms with E-state index in [-0.39, 0.29) is 0 Å². The maximum Gasteiger partial charge on any atom is 0.158 e. The van der Waals surface area contributed by atoms with Crippen LogP contribution in [0.2, 0.25) is 0 Å². The van der Waals surface area contributed by atoms with E-state index in [1.54, 1.807) is 7.11 Å². The average Bonchev–Trinajstić information content (AvgIpc) is 2.40. The highest BCUT2D eigenvalue weighted by Crippen LogP contribution is 2.18. The lowest BCUT2D eigenvalue weighted by atomic mass is 10.0. The van der Waals surface area contributed by atoms with Crippen molar-refractivity contribution in [3.05, 3.63) is 11.9 Å². The molecule has 0 saturated heterocycles. The summed E-state index contributed by atoms with van der Waals surface area (Å²) in [5.74, 6) is 2.72. The Balaban J connectivity index is 2.90. The first-order valence-corrected chi connectivity index (χ1v) is 7.01. The highest BCUT2D eigenvalue weighted by Gasteiger charge is 2.13. The van der Waals surface area contributed by atoms with Crippen LogP contribution in [0.15, 0.2) is 6.07 Å². The molecule has 0 aromatic carbocycles. The summed E-state index contributed by atoms with van der Waals surface area (Å²) in [6.07, 6.45) is 2.36. The molecule has 1 aromatic rings. The molecule has 0 radical (unpaired) electrons. The summed E-state index contributed by atoms with van der Waals surface area (Å²) in [6.45, 7) is 8.91. The fourth-order valence-corrected chi connectivity index (χ4v) is 2.10. The second-order valence-corrected chi connectivity index (χ2v) is 4.72. The predicted molar refractivity (Wildman–Crippen MR) is 79.1 cm³/mol. The molecule has 0 aliphatic heterocycles. The van der Waals surface area contributed by atoms with Gasteiger partial charge in [0.05, 0.1) is 0 Å². The van der Waals surface area contributed by atoms with Gasteiger partial charge in [-0.05, 0) is 12.8 Å². The summed E-state index contributed by atoms with van der Waals surface area (Å²) in [5.41, 5.74) is 5.84. The molecule has 1 rings (SSSR count). The SMILES string of the molecule is CCC(CC)CN(CC)c1cc(N)nc(COC)n1. The Morgan fingerprint density at radius 2 is 1.95 bits per heavy atom. The van der Waals surface area contributed by atoms with Crippen LogP contribution in [0.1, 0.15) is 39.4 Å². The predicted octanol–water partition coefficient (Wildman–Crippen LogP) is 2.47. The molecule has 1 heterocycles. The number of anilines is 2. The number of nitrogens with zero attached hydrogens (tertiary/aromatic N) is 3. The van der Waals surface area contributed by atoms with Gasteiger partial charge in [0.15, 0.2) is 5.82 Å². The van der Waals surface area contributed by atoms with Crippen LogP contribution < -0.4 is 10.6 Å². The molecule has 108 valence electrons. The lowest BCUT2D eigenvalue weighted by Gasteiger charge is -2.26. The third-order valence-electron chi connectivity index (χ3n) is 3.39. The number of aromatic nitrogens is 2. The average molecular weight is 266 g/mol. The van der Waals surface area contributed by atoms with Crippen molar-refractivity contribution in [3.8, 4) is 0 Å². The molecule has 2 N–H and O–H groups in total. The van der Waals surface area contributed by atoms with Crippen molar-refractivity contribution in [2.45, 2.75) is 40.2 Å². The number of rotatable bonds is 8. The molecule has 0 bridgehead atoms. The Kier molecular flexibility index (Phi) is 6.56. The van der Waals surface area contributed by atoms with Crippen molar-refractivity contribution < 1.29 is 4.74 Å². The quantitative estimate of drug-likeness (QED) is 0.783. The molecule has 5 heteroatoms. The minimum atomic E-state index is 0.389. The molecule has 0 atom stereocenters. The molecule has 0 aliphatic rings. The lowest BCUT2D eigenvalue weighted by Crippen LogP contribution is -2.30. The van der Waals surface area contributed by atoms with E-state index < -0.39 is 0 Å². The van der Waals surface area contributed by atoms with E-state index in [0.29, 0.717) is 24.2 Å². The van der Waals surface area contributed by atoms with Gasteiger partial charge in [0.1, 0.15) is 18.2 Å². The van der Waals surface area contributed by atoms with Crippen LogP contribution in [-0.2, 0) is 11.3 Å². The summed E-state index contributed by atoms with van der Waals surface area (Å²) < 4.78 is 5.08. The van der Waals surface area contributed by atoms with E-state index in [9.17, 15) is 0 Å². The summed E-state index contributed by atoms with van der Waals surface area (Å²) in [7, 11) is 1.63. The van der Waals surface area contributed by atoms with Gasteiger partial charge in [-0.3, -0.25) is 0 Å². The first kappa shape index (κ1) is 15.7. The van der Waals surface area contributed by atoms with Gasteiger partial charge >= 0.3 is 0 Å². The maximum absolute atomic E-state index is 5.84. The summed E-state index contributed by atoms with van der Waals surface area (Å²) >= 11 is 0. The van der Waals surface area contributed by atoms with Crippen molar-refractivity contribution in [2.24, 2.45) is 5.92 Å². The van der Waals surface area contributed by atoms with Gasteiger partial charge in [0.2, 0.25) is 0 Å². The second-order valence-electron chi connectivity index (χ2n) is 4.72. The molecule has 0 unspecified atom stereocenters. The van der Waals surface area contributed by atoms with E-state index in [0.717, 1.165) is 18.9 Å². The maximum atomic E-state index is 5.84. The monoisotopic (exact) mass is 266 g/mol. The molecule has 0 spiro atoms. The minimum Gasteiger partial charge on any atom is -0.384 e. The summed E-state index contributed by atoms with van der Waals surface area (Å²) in [6, 6.07) is 1.84. The smallest absolute Gasteiger partial charge is 0.158 e. The highest BCUT2D eigenvalue weighted by atomic mass is 16.5. The minimum absolute atomic E-state index is 0.389. The number of hydrogen-bond acceptors (Lipinski definition) is 5. The number of ether oxygens (including phenoxy) is 1. The Labute approximate surface area is 116 Å². The zero-order chi connectivity index (χ0) is 14.3. The molecule has 5 nitrogen and oxygen atoms in total. The van der Waals surface area contributed by atoms with Gasteiger partial charge in [0.25, 0.3) is 0 Å². The summed E-state index contributed by atoms with van der Waals surface area (Å²) in [5, 5.41) is 0. The van der Waals surface area contributed by atoms with Gasteiger partial charge in [-0.1, -0.05) is 26.7 Å². The van der Waals surface area contributed by atoms with Gasteiger partial charge in [0, 0.05) is 26.3 Å². The highest BCUT2D eigenvalue weighted by molar-refractivity contribution is 5.46. The van der Waals surface area contributed by atoms with E-state index in [1.807, 2.05) is 6.07 Å². The van der Waals surface area contributed by atoms with Crippen molar-refractivity contribution in [3.63, 3.8) is 0 Å². The van der Waals surface area contributed by atoms with Crippen molar-refractivity contribution in [2.75, 3.05) is 30.8 Å². The van der Waals surface area contributed by atoms with Crippen LogP contribution in [0.3, 0.4) is 0 Å². The zero-order valence-electron chi connectivity index (χ0n) is 12.5. The third-order valence-corrected chi connectivity index (χ3v) is 3.39. The van der Waals surface area contributed by atoms with Crippen LogP contribution in [0.4, 0.5) is 11.6 Å². The molecule has 1 aromatic heterocycles. The molecule has 0 fully saturated rings. The van der Waals surface area contributed by atoms with Crippen LogP contribution in [0.5, 0.6) is 0 Å². The first-order valence-electron chi connectivity index (χ1n) is 7.01. The van der Waals surface area contributed by atoms with Crippen molar-refractivity contribution in [1.82, 2.24) is 9.97 Å². The topological polar surface area (TPSA) is 64.3 Å². The Bertz CT molecular complexity index is 380. The van der Waals surface area contributed by atoms with Crippen LogP contribution in [0.25, 0.3) is 0 Å². The van der Waals surface area contributed by atoms with Gasteiger partial charge in [-0.2, -0.15) is 0 Å². The fraction of sp³-hybridized carbons (Fsp3) is 0.714. The van der Waals surface area contributed by atoms with Gasteiger partial charge < -0.3 is 15.4 Å². The van der Waals surface area contributed by atoms with Crippen molar-refractivity contribution in [1.29, 1.82) is 0 Å². The zero-order valence-corrected chi connectivity index (χ0v) is 12.5. The first-order chi connectivity index (χ1) is 9.14.